The van der Waals surface area contributed by atoms with E-state index in [9.17, 15) is 15.0 Å². The van der Waals surface area contributed by atoms with Crippen molar-refractivity contribution in [3.05, 3.63) is 64.5 Å². The summed E-state index contributed by atoms with van der Waals surface area (Å²) in [5, 5.41) is 24.9. The predicted molar refractivity (Wildman–Crippen MR) is 120 cm³/mol. The summed E-state index contributed by atoms with van der Waals surface area (Å²) in [5.41, 5.74) is 1.84. The largest absolute Gasteiger partial charge is 0.506 e. The first-order valence-electron chi connectivity index (χ1n) is 10.0. The van der Waals surface area contributed by atoms with Crippen molar-refractivity contribution in [1.82, 2.24) is 10.3 Å². The smallest absolute Gasteiger partial charge is 0.248 e. The molecule has 1 atom stereocenters. The van der Waals surface area contributed by atoms with Gasteiger partial charge in [-0.2, -0.15) is 0 Å². The van der Waals surface area contributed by atoms with Gasteiger partial charge in [-0.3, -0.25) is 4.79 Å². The van der Waals surface area contributed by atoms with Crippen LogP contribution in [0.3, 0.4) is 0 Å². The zero-order valence-corrected chi connectivity index (χ0v) is 18.2. The first-order chi connectivity index (χ1) is 13.5. The fourth-order valence-electron chi connectivity index (χ4n) is 4.20. The van der Waals surface area contributed by atoms with Gasteiger partial charge in [0.2, 0.25) is 5.56 Å². The topological polar surface area (TPSA) is 85.3 Å². The van der Waals surface area contributed by atoms with E-state index in [1.54, 1.807) is 12.1 Å². The van der Waals surface area contributed by atoms with Gasteiger partial charge in [0.1, 0.15) is 5.75 Å². The number of hydrogen-bond donors (Lipinski definition) is 4. The second kappa shape index (κ2) is 8.97. The number of aliphatic hydroxyl groups is 1. The minimum absolute atomic E-state index is 0.00862. The number of pyridine rings is 1. The van der Waals surface area contributed by atoms with Crippen LogP contribution in [0.25, 0.3) is 10.9 Å². The van der Waals surface area contributed by atoms with Crippen LogP contribution in [0.4, 0.5) is 0 Å². The Bertz CT molecular complexity index is 954. The van der Waals surface area contributed by atoms with Crippen LogP contribution in [0.1, 0.15) is 59.1 Å². The molecule has 5 nitrogen and oxygen atoms in total. The van der Waals surface area contributed by atoms with Crippen molar-refractivity contribution in [1.29, 1.82) is 0 Å². The van der Waals surface area contributed by atoms with Crippen molar-refractivity contribution in [3.63, 3.8) is 0 Å². The fourth-order valence-corrected chi connectivity index (χ4v) is 4.20. The summed E-state index contributed by atoms with van der Waals surface area (Å²) >= 11 is 0. The summed E-state index contributed by atoms with van der Waals surface area (Å²) in [6, 6.07) is 6.23. The maximum atomic E-state index is 11.6. The second-order valence-electron chi connectivity index (χ2n) is 9.15. The van der Waals surface area contributed by atoms with E-state index in [4.69, 9.17) is 0 Å². The van der Waals surface area contributed by atoms with Crippen LogP contribution in [0.5, 0.6) is 5.75 Å². The lowest BCUT2D eigenvalue weighted by Crippen LogP contribution is -2.44. The molecule has 0 saturated carbocycles. The number of benzene rings is 1. The maximum Gasteiger partial charge on any atom is 0.248 e. The molecule has 158 valence electrons. The SMILES string of the molecule is C=C/C(=C\C)CC(C)(C)CC(C)(C)NC[C@H](O)c1ccc(O)c2[nH]c(=O)ccc12. The van der Waals surface area contributed by atoms with E-state index >= 15 is 0 Å². The highest BCUT2D eigenvalue weighted by molar-refractivity contribution is 5.87. The third-order valence-electron chi connectivity index (χ3n) is 5.28. The van der Waals surface area contributed by atoms with Gasteiger partial charge in [-0.25, -0.2) is 0 Å². The molecule has 1 heterocycles. The molecule has 2 rings (SSSR count). The number of β-amino-alcohol motifs (C(OH)–C–C–N with tert-alkyl or cyclic N) is 1. The molecule has 0 aliphatic rings. The van der Waals surface area contributed by atoms with E-state index in [0.717, 1.165) is 12.8 Å². The Morgan fingerprint density at radius 1 is 1.24 bits per heavy atom. The quantitative estimate of drug-likeness (QED) is 0.466. The average molecular weight is 399 g/mol. The van der Waals surface area contributed by atoms with Gasteiger partial charge in [0.05, 0.1) is 11.6 Å². The summed E-state index contributed by atoms with van der Waals surface area (Å²) in [7, 11) is 0. The van der Waals surface area contributed by atoms with E-state index in [1.165, 1.54) is 17.7 Å². The van der Waals surface area contributed by atoms with E-state index in [-0.39, 0.29) is 22.3 Å². The Morgan fingerprint density at radius 3 is 2.55 bits per heavy atom. The Balaban J connectivity index is 2.12. The summed E-state index contributed by atoms with van der Waals surface area (Å²) in [6.07, 6.45) is 5.09. The van der Waals surface area contributed by atoms with Crippen molar-refractivity contribution < 1.29 is 10.2 Å². The Morgan fingerprint density at radius 2 is 1.93 bits per heavy atom. The van der Waals surface area contributed by atoms with Gasteiger partial charge >= 0.3 is 0 Å². The van der Waals surface area contributed by atoms with Gasteiger partial charge in [-0.15, -0.1) is 0 Å². The number of nitrogens with one attached hydrogen (secondary N) is 2. The van der Waals surface area contributed by atoms with Gasteiger partial charge in [-0.05, 0) is 56.7 Å². The van der Waals surface area contributed by atoms with Crippen LogP contribution in [-0.4, -0.2) is 27.3 Å². The van der Waals surface area contributed by atoms with Crippen molar-refractivity contribution >= 4 is 10.9 Å². The number of aromatic amines is 1. The van der Waals surface area contributed by atoms with E-state index < -0.39 is 6.10 Å². The molecule has 1 aromatic heterocycles. The Hall–Kier alpha value is -2.37. The first kappa shape index (κ1) is 22.9. The number of aliphatic hydroxyl groups excluding tert-OH is 1. The molecule has 0 aliphatic carbocycles. The van der Waals surface area contributed by atoms with Gasteiger partial charge in [0.15, 0.2) is 0 Å². The van der Waals surface area contributed by atoms with Gasteiger partial charge in [0, 0.05) is 23.5 Å². The molecule has 0 aliphatic heterocycles. The van der Waals surface area contributed by atoms with Crippen LogP contribution < -0.4 is 10.9 Å². The predicted octanol–water partition coefficient (Wildman–Crippen LogP) is 4.57. The van der Waals surface area contributed by atoms with E-state index in [2.05, 4.69) is 50.7 Å². The van der Waals surface area contributed by atoms with E-state index in [1.807, 2.05) is 13.0 Å². The Kier molecular flexibility index (Phi) is 7.09. The molecule has 0 saturated heterocycles. The third-order valence-corrected chi connectivity index (χ3v) is 5.28. The standard InChI is InChI=1S/C24H34N2O3/c1-7-16(8-2)13-23(3,4)15-24(5,6)25-14-20(28)17-9-11-19(27)22-18(17)10-12-21(29)26-22/h7-12,20,25,27-28H,1,13-15H2,2-6H3,(H,26,29)/b16-8+/t20-/m0/s1. The molecular weight excluding hydrogens is 364 g/mol. The monoisotopic (exact) mass is 398 g/mol. The highest BCUT2D eigenvalue weighted by Crippen LogP contribution is 2.35. The van der Waals surface area contributed by atoms with Crippen molar-refractivity contribution in [2.75, 3.05) is 6.54 Å². The molecule has 2 aromatic rings. The average Bonchev–Trinajstić information content (AvgIpc) is 2.64. The van der Waals surface area contributed by atoms with Crippen LogP contribution in [0.15, 0.2) is 53.4 Å². The summed E-state index contributed by atoms with van der Waals surface area (Å²) in [5.74, 6) is -0.00862. The lowest BCUT2D eigenvalue weighted by atomic mass is 9.75. The minimum Gasteiger partial charge on any atom is -0.506 e. The lowest BCUT2D eigenvalue weighted by Gasteiger charge is -2.37. The maximum absolute atomic E-state index is 11.6. The number of phenolic OH excluding ortho intramolecular Hbond substituents is 1. The number of allylic oxidation sites excluding steroid dienone is 3. The van der Waals surface area contributed by atoms with Crippen LogP contribution in [0.2, 0.25) is 0 Å². The van der Waals surface area contributed by atoms with Crippen molar-refractivity contribution in [2.45, 2.75) is 59.1 Å². The fraction of sp³-hybridized carbons (Fsp3) is 0.458. The molecular formula is C24H34N2O3. The highest BCUT2D eigenvalue weighted by atomic mass is 16.3. The number of H-pyrrole nitrogens is 1. The molecule has 0 amide bonds. The molecule has 0 spiro atoms. The van der Waals surface area contributed by atoms with Gasteiger partial charge in [-0.1, -0.05) is 44.2 Å². The van der Waals surface area contributed by atoms with Crippen LogP contribution in [-0.2, 0) is 0 Å². The molecule has 4 N–H and O–H groups in total. The highest BCUT2D eigenvalue weighted by Gasteiger charge is 2.29. The van der Waals surface area contributed by atoms with Crippen molar-refractivity contribution in [2.24, 2.45) is 5.41 Å². The molecule has 0 bridgehead atoms. The Labute approximate surface area is 173 Å². The molecule has 0 radical (unpaired) electrons. The number of phenols is 1. The van der Waals surface area contributed by atoms with Gasteiger partial charge < -0.3 is 20.5 Å². The molecule has 1 aromatic carbocycles. The van der Waals surface area contributed by atoms with Gasteiger partial charge in [0.25, 0.3) is 0 Å². The first-order valence-corrected chi connectivity index (χ1v) is 10.0. The molecule has 5 heteroatoms. The van der Waals surface area contributed by atoms with Crippen LogP contribution >= 0.6 is 0 Å². The van der Waals surface area contributed by atoms with Crippen molar-refractivity contribution in [3.8, 4) is 5.75 Å². The lowest BCUT2D eigenvalue weighted by molar-refractivity contribution is 0.146. The summed E-state index contributed by atoms with van der Waals surface area (Å²) in [4.78, 5) is 14.2. The minimum atomic E-state index is -0.773. The third kappa shape index (κ3) is 6.05. The summed E-state index contributed by atoms with van der Waals surface area (Å²) < 4.78 is 0. The molecule has 0 unspecified atom stereocenters. The number of fused-ring (bicyclic) bond motifs is 1. The zero-order valence-electron chi connectivity index (χ0n) is 18.2. The van der Waals surface area contributed by atoms with E-state index in [0.29, 0.717) is 23.0 Å². The number of hydrogen-bond acceptors (Lipinski definition) is 4. The zero-order chi connectivity index (χ0) is 21.8. The van der Waals surface area contributed by atoms with Crippen LogP contribution in [0, 0.1) is 5.41 Å². The molecule has 0 fully saturated rings. The number of aromatic nitrogens is 1. The summed E-state index contributed by atoms with van der Waals surface area (Å²) in [6.45, 7) is 15.0. The number of rotatable bonds is 9. The number of aromatic hydroxyl groups is 1. The second-order valence-corrected chi connectivity index (χ2v) is 9.15. The molecule has 29 heavy (non-hydrogen) atoms. The normalized spacial score (nSPS) is 14.2.